The van der Waals surface area contributed by atoms with Gasteiger partial charge in [-0.1, -0.05) is 15.9 Å². The number of hydrogen-bond donors (Lipinski definition) is 2. The first-order valence-corrected chi connectivity index (χ1v) is 9.15. The van der Waals surface area contributed by atoms with Gasteiger partial charge in [-0.15, -0.1) is 0 Å². The van der Waals surface area contributed by atoms with Gasteiger partial charge in [0.25, 0.3) is 5.91 Å². The lowest BCUT2D eigenvalue weighted by Gasteiger charge is -2.29. The molecule has 0 bridgehead atoms. The zero-order valence-corrected chi connectivity index (χ0v) is 16.8. The van der Waals surface area contributed by atoms with E-state index in [-0.39, 0.29) is 25.0 Å². The Bertz CT molecular complexity index is 947. The maximum absolute atomic E-state index is 12.6. The third-order valence-electron chi connectivity index (χ3n) is 3.96. The van der Waals surface area contributed by atoms with Crippen molar-refractivity contribution >= 4 is 50.7 Å². The molecule has 146 valence electrons. The molecule has 0 fully saturated rings. The first-order chi connectivity index (χ1) is 13.4. The molecular weight excluding hydrogens is 430 g/mol. The number of carbonyl (C=O) groups is 3. The highest BCUT2D eigenvalue weighted by Crippen LogP contribution is 2.34. The lowest BCUT2D eigenvalue weighted by molar-refractivity contribution is -0.123. The van der Waals surface area contributed by atoms with Gasteiger partial charge in [0.05, 0.1) is 18.5 Å². The molecule has 28 heavy (non-hydrogen) atoms. The molecular formula is C19H18BrN3O5. The smallest absolute Gasteiger partial charge is 0.265 e. The molecule has 3 amide bonds. The lowest BCUT2D eigenvalue weighted by atomic mass is 10.2. The fraction of sp³-hybridized carbons (Fsp3) is 0.211. The molecule has 2 N–H and O–H groups in total. The third kappa shape index (κ3) is 4.42. The van der Waals surface area contributed by atoms with Crippen molar-refractivity contribution in [2.24, 2.45) is 0 Å². The molecule has 2 aromatic carbocycles. The van der Waals surface area contributed by atoms with Gasteiger partial charge in [-0.3, -0.25) is 19.3 Å². The average Bonchev–Trinajstić information content (AvgIpc) is 2.64. The number of rotatable bonds is 5. The number of nitrogens with one attached hydrogen (secondary N) is 2. The van der Waals surface area contributed by atoms with E-state index in [0.717, 1.165) is 4.47 Å². The molecule has 2 aromatic rings. The molecule has 0 saturated heterocycles. The number of nitrogens with zero attached hydrogens (tertiary/aromatic N) is 1. The van der Waals surface area contributed by atoms with Crippen molar-refractivity contribution in [2.45, 2.75) is 6.92 Å². The van der Waals surface area contributed by atoms with Crippen molar-refractivity contribution in [2.75, 3.05) is 35.8 Å². The molecule has 0 atom stereocenters. The van der Waals surface area contributed by atoms with Crippen LogP contribution in [0, 0.1) is 0 Å². The van der Waals surface area contributed by atoms with Crippen LogP contribution >= 0.6 is 15.9 Å². The van der Waals surface area contributed by atoms with Gasteiger partial charge in [-0.05, 0) is 36.4 Å². The van der Waals surface area contributed by atoms with Crippen LogP contribution in [0.2, 0.25) is 0 Å². The van der Waals surface area contributed by atoms with Gasteiger partial charge in [0, 0.05) is 17.1 Å². The molecule has 0 aromatic heterocycles. The number of fused-ring (bicyclic) bond motifs is 1. The number of carbonyl (C=O) groups excluding carboxylic acids is 3. The highest BCUT2D eigenvalue weighted by molar-refractivity contribution is 9.10. The van der Waals surface area contributed by atoms with E-state index >= 15 is 0 Å². The third-order valence-corrected chi connectivity index (χ3v) is 4.45. The first kappa shape index (κ1) is 19.7. The minimum Gasteiger partial charge on any atom is -0.495 e. The highest BCUT2D eigenvalue weighted by atomic mass is 79.9. The molecule has 0 saturated carbocycles. The van der Waals surface area contributed by atoms with Crippen LogP contribution in [0.25, 0.3) is 0 Å². The van der Waals surface area contributed by atoms with Crippen molar-refractivity contribution in [1.82, 2.24) is 0 Å². The largest absolute Gasteiger partial charge is 0.495 e. The summed E-state index contributed by atoms with van der Waals surface area (Å²) in [5.41, 5.74) is 1.42. The van der Waals surface area contributed by atoms with E-state index in [1.165, 1.54) is 18.9 Å². The van der Waals surface area contributed by atoms with Crippen molar-refractivity contribution < 1.29 is 23.9 Å². The van der Waals surface area contributed by atoms with Crippen LogP contribution in [-0.2, 0) is 14.4 Å². The van der Waals surface area contributed by atoms with Crippen molar-refractivity contribution in [1.29, 1.82) is 0 Å². The van der Waals surface area contributed by atoms with Gasteiger partial charge in [0.2, 0.25) is 11.8 Å². The summed E-state index contributed by atoms with van der Waals surface area (Å²) in [6.07, 6.45) is 0. The molecule has 3 rings (SSSR count). The number of anilines is 3. The minimum atomic E-state index is -0.414. The average molecular weight is 448 g/mol. The van der Waals surface area contributed by atoms with Crippen LogP contribution in [0.1, 0.15) is 6.92 Å². The van der Waals surface area contributed by atoms with E-state index in [0.29, 0.717) is 28.6 Å². The summed E-state index contributed by atoms with van der Waals surface area (Å²) in [6.45, 7) is 1.06. The Balaban J connectivity index is 1.79. The Hall–Kier alpha value is -3.07. The van der Waals surface area contributed by atoms with Crippen molar-refractivity contribution in [3.63, 3.8) is 0 Å². The predicted octanol–water partition coefficient (Wildman–Crippen LogP) is 2.78. The molecule has 1 aliphatic rings. The second-order valence-electron chi connectivity index (χ2n) is 6.03. The molecule has 0 radical (unpaired) electrons. The van der Waals surface area contributed by atoms with Gasteiger partial charge in [-0.25, -0.2) is 0 Å². The van der Waals surface area contributed by atoms with Crippen LogP contribution in [0.4, 0.5) is 17.1 Å². The van der Waals surface area contributed by atoms with Crippen LogP contribution < -0.4 is 25.0 Å². The summed E-state index contributed by atoms with van der Waals surface area (Å²) in [6, 6.07) is 10.1. The van der Waals surface area contributed by atoms with Gasteiger partial charge >= 0.3 is 0 Å². The number of halogens is 1. The monoisotopic (exact) mass is 447 g/mol. The van der Waals surface area contributed by atoms with E-state index in [9.17, 15) is 14.4 Å². The van der Waals surface area contributed by atoms with Crippen molar-refractivity contribution in [3.05, 3.63) is 40.9 Å². The SMILES string of the molecule is COc1ccc(NC(C)=O)cc1NC(=O)CN1C(=O)COc2cc(Br)ccc21. The van der Waals surface area contributed by atoms with Crippen LogP contribution in [-0.4, -0.2) is 38.0 Å². The Morgan fingerprint density at radius 1 is 1.21 bits per heavy atom. The zero-order chi connectivity index (χ0) is 20.3. The maximum Gasteiger partial charge on any atom is 0.265 e. The van der Waals surface area contributed by atoms with E-state index < -0.39 is 5.91 Å². The number of amides is 3. The van der Waals surface area contributed by atoms with Crippen LogP contribution in [0.5, 0.6) is 11.5 Å². The van der Waals surface area contributed by atoms with E-state index in [4.69, 9.17) is 9.47 Å². The summed E-state index contributed by atoms with van der Waals surface area (Å²) in [7, 11) is 1.47. The molecule has 1 heterocycles. The molecule has 1 aliphatic heterocycles. The van der Waals surface area contributed by atoms with Gasteiger partial charge < -0.3 is 20.1 Å². The topological polar surface area (TPSA) is 97.0 Å². The summed E-state index contributed by atoms with van der Waals surface area (Å²) in [5, 5.41) is 5.37. The Kier molecular flexibility index (Phi) is 5.84. The quantitative estimate of drug-likeness (QED) is 0.734. The zero-order valence-electron chi connectivity index (χ0n) is 15.2. The molecule has 0 aliphatic carbocycles. The number of ether oxygens (including phenoxy) is 2. The second kappa shape index (κ2) is 8.30. The molecule has 9 heteroatoms. The maximum atomic E-state index is 12.6. The van der Waals surface area contributed by atoms with E-state index in [1.54, 1.807) is 36.4 Å². The summed E-state index contributed by atoms with van der Waals surface area (Å²) >= 11 is 3.35. The van der Waals surface area contributed by atoms with Crippen LogP contribution in [0.3, 0.4) is 0 Å². The number of hydrogen-bond acceptors (Lipinski definition) is 5. The van der Waals surface area contributed by atoms with Crippen molar-refractivity contribution in [3.8, 4) is 11.5 Å². The minimum absolute atomic E-state index is 0.141. The first-order valence-electron chi connectivity index (χ1n) is 8.35. The lowest BCUT2D eigenvalue weighted by Crippen LogP contribution is -2.43. The normalized spacial score (nSPS) is 12.7. The predicted molar refractivity (Wildman–Crippen MR) is 108 cm³/mol. The van der Waals surface area contributed by atoms with Crippen LogP contribution in [0.15, 0.2) is 40.9 Å². The number of benzene rings is 2. The summed E-state index contributed by atoms with van der Waals surface area (Å²) in [4.78, 5) is 37.5. The highest BCUT2D eigenvalue weighted by Gasteiger charge is 2.27. The fourth-order valence-corrected chi connectivity index (χ4v) is 3.11. The fourth-order valence-electron chi connectivity index (χ4n) is 2.77. The Labute approximate surface area is 169 Å². The molecule has 0 spiro atoms. The van der Waals surface area contributed by atoms with Gasteiger partial charge in [0.15, 0.2) is 6.61 Å². The van der Waals surface area contributed by atoms with E-state index in [2.05, 4.69) is 26.6 Å². The molecule has 0 unspecified atom stereocenters. The molecule has 8 nitrogen and oxygen atoms in total. The van der Waals surface area contributed by atoms with Gasteiger partial charge in [-0.2, -0.15) is 0 Å². The summed E-state index contributed by atoms with van der Waals surface area (Å²) < 4.78 is 11.5. The van der Waals surface area contributed by atoms with E-state index in [1.807, 2.05) is 0 Å². The standard InChI is InChI=1S/C19H18BrN3O5/c1-11(24)21-13-4-6-16(27-2)14(8-13)22-18(25)9-23-15-5-3-12(20)7-17(15)28-10-19(23)26/h3-8H,9-10H2,1-2H3,(H,21,24)(H,22,25). The Morgan fingerprint density at radius 2 is 2.00 bits per heavy atom. The number of methoxy groups -OCH3 is 1. The van der Waals surface area contributed by atoms with Gasteiger partial charge in [0.1, 0.15) is 18.0 Å². The summed E-state index contributed by atoms with van der Waals surface area (Å²) in [5.74, 6) is -0.0115. The second-order valence-corrected chi connectivity index (χ2v) is 6.94. The Morgan fingerprint density at radius 3 is 2.71 bits per heavy atom.